The van der Waals surface area contributed by atoms with Crippen LogP contribution in [0.15, 0.2) is 46.9 Å². The molecule has 0 heterocycles. The summed E-state index contributed by atoms with van der Waals surface area (Å²) in [4.78, 5) is 0. The van der Waals surface area contributed by atoms with Gasteiger partial charge in [-0.1, -0.05) is 15.9 Å². The standard InChI is InChI=1S/C14H9BrF4O/c15-11-5-9(6-12(16)7-11)8-20-13-3-1-10(2-4-13)14(17,18)19/h1-7H,8H2. The van der Waals surface area contributed by atoms with E-state index in [-0.39, 0.29) is 6.61 Å². The van der Waals surface area contributed by atoms with Gasteiger partial charge in [0.15, 0.2) is 0 Å². The maximum Gasteiger partial charge on any atom is 0.416 e. The van der Waals surface area contributed by atoms with E-state index < -0.39 is 17.6 Å². The Morgan fingerprint density at radius 1 is 1.00 bits per heavy atom. The highest BCUT2D eigenvalue weighted by Gasteiger charge is 2.29. The molecule has 0 aliphatic rings. The Bertz CT molecular complexity index is 573. The molecule has 0 unspecified atom stereocenters. The van der Waals surface area contributed by atoms with Crippen molar-refractivity contribution in [3.05, 3.63) is 63.9 Å². The third kappa shape index (κ3) is 3.96. The summed E-state index contributed by atoms with van der Waals surface area (Å²) in [5.74, 6) is -0.122. The van der Waals surface area contributed by atoms with Gasteiger partial charge < -0.3 is 4.74 Å². The normalized spacial score (nSPS) is 11.4. The van der Waals surface area contributed by atoms with Crippen LogP contribution >= 0.6 is 15.9 Å². The number of rotatable bonds is 3. The smallest absolute Gasteiger partial charge is 0.416 e. The summed E-state index contributed by atoms with van der Waals surface area (Å²) in [6, 6.07) is 8.63. The first-order chi connectivity index (χ1) is 9.34. The van der Waals surface area contributed by atoms with Gasteiger partial charge in [-0.2, -0.15) is 13.2 Å². The SMILES string of the molecule is Fc1cc(Br)cc(COc2ccc(C(F)(F)F)cc2)c1. The second-order valence-corrected chi connectivity index (χ2v) is 5.00. The first-order valence-corrected chi connectivity index (χ1v) is 6.39. The zero-order chi connectivity index (χ0) is 14.8. The van der Waals surface area contributed by atoms with Gasteiger partial charge in [0.2, 0.25) is 0 Å². The van der Waals surface area contributed by atoms with Crippen LogP contribution in [0.4, 0.5) is 17.6 Å². The minimum atomic E-state index is -4.37. The fourth-order valence-electron chi connectivity index (χ4n) is 1.60. The molecule has 2 aromatic rings. The van der Waals surface area contributed by atoms with E-state index in [2.05, 4.69) is 15.9 Å². The highest BCUT2D eigenvalue weighted by Crippen LogP contribution is 2.30. The molecule has 6 heteroatoms. The van der Waals surface area contributed by atoms with E-state index >= 15 is 0 Å². The largest absolute Gasteiger partial charge is 0.489 e. The van der Waals surface area contributed by atoms with E-state index in [4.69, 9.17) is 4.74 Å². The molecule has 1 nitrogen and oxygen atoms in total. The van der Waals surface area contributed by atoms with Crippen LogP contribution in [0.3, 0.4) is 0 Å². The average Bonchev–Trinajstić information content (AvgIpc) is 2.35. The van der Waals surface area contributed by atoms with Crippen molar-refractivity contribution in [3.63, 3.8) is 0 Å². The monoisotopic (exact) mass is 348 g/mol. The highest BCUT2D eigenvalue weighted by atomic mass is 79.9. The Kier molecular flexibility index (Phi) is 4.32. The quantitative estimate of drug-likeness (QED) is 0.694. The van der Waals surface area contributed by atoms with Crippen molar-refractivity contribution in [2.75, 3.05) is 0 Å². The number of benzene rings is 2. The summed E-state index contributed by atoms with van der Waals surface area (Å²) in [5, 5.41) is 0. The van der Waals surface area contributed by atoms with Crippen LogP contribution in [-0.4, -0.2) is 0 Å². The number of alkyl halides is 3. The third-order valence-corrected chi connectivity index (χ3v) is 2.97. The maximum atomic E-state index is 13.1. The van der Waals surface area contributed by atoms with Gasteiger partial charge in [0.25, 0.3) is 0 Å². The van der Waals surface area contributed by atoms with E-state index in [1.165, 1.54) is 24.3 Å². The van der Waals surface area contributed by atoms with Crippen molar-refractivity contribution >= 4 is 15.9 Å². The van der Waals surface area contributed by atoms with Gasteiger partial charge in [-0.05, 0) is 48.0 Å². The van der Waals surface area contributed by atoms with E-state index in [1.54, 1.807) is 6.07 Å². The minimum absolute atomic E-state index is 0.0712. The Hall–Kier alpha value is -1.56. The molecule has 2 aromatic carbocycles. The van der Waals surface area contributed by atoms with Crippen LogP contribution in [0.5, 0.6) is 5.75 Å². The molecule has 0 aliphatic heterocycles. The molecule has 0 saturated carbocycles. The lowest BCUT2D eigenvalue weighted by atomic mass is 10.2. The second kappa shape index (κ2) is 5.83. The highest BCUT2D eigenvalue weighted by molar-refractivity contribution is 9.10. The van der Waals surface area contributed by atoms with Gasteiger partial charge in [-0.15, -0.1) is 0 Å². The van der Waals surface area contributed by atoms with Gasteiger partial charge in [-0.25, -0.2) is 4.39 Å². The fourth-order valence-corrected chi connectivity index (χ4v) is 2.11. The average molecular weight is 349 g/mol. The van der Waals surface area contributed by atoms with E-state index in [0.717, 1.165) is 12.1 Å². The lowest BCUT2D eigenvalue weighted by Gasteiger charge is -2.09. The van der Waals surface area contributed by atoms with Gasteiger partial charge in [0.1, 0.15) is 18.2 Å². The van der Waals surface area contributed by atoms with Crippen LogP contribution < -0.4 is 4.74 Å². The Morgan fingerprint density at radius 2 is 1.65 bits per heavy atom. The van der Waals surface area contributed by atoms with Crippen molar-refractivity contribution in [1.29, 1.82) is 0 Å². The molecule has 0 radical (unpaired) electrons. The zero-order valence-electron chi connectivity index (χ0n) is 10.0. The summed E-state index contributed by atoms with van der Waals surface area (Å²) in [7, 11) is 0. The molecule has 0 spiro atoms. The van der Waals surface area contributed by atoms with Gasteiger partial charge in [0, 0.05) is 4.47 Å². The van der Waals surface area contributed by atoms with E-state index in [0.29, 0.717) is 15.8 Å². The van der Waals surface area contributed by atoms with E-state index in [9.17, 15) is 17.6 Å². The summed E-state index contributed by atoms with van der Waals surface area (Å²) in [6.45, 7) is 0.0712. The second-order valence-electron chi connectivity index (χ2n) is 4.09. The van der Waals surface area contributed by atoms with Crippen molar-refractivity contribution < 1.29 is 22.3 Å². The molecule has 106 valence electrons. The lowest BCUT2D eigenvalue weighted by Crippen LogP contribution is -2.04. The molecule has 0 bridgehead atoms. The van der Waals surface area contributed by atoms with E-state index in [1.807, 2.05) is 0 Å². The van der Waals surface area contributed by atoms with Crippen molar-refractivity contribution in [2.24, 2.45) is 0 Å². The van der Waals surface area contributed by atoms with Crippen LogP contribution in [0.1, 0.15) is 11.1 Å². The van der Waals surface area contributed by atoms with Crippen molar-refractivity contribution in [3.8, 4) is 5.75 Å². The van der Waals surface area contributed by atoms with Crippen molar-refractivity contribution in [2.45, 2.75) is 12.8 Å². The van der Waals surface area contributed by atoms with Crippen LogP contribution in [0.25, 0.3) is 0 Å². The molecule has 0 atom stereocenters. The maximum absolute atomic E-state index is 13.1. The summed E-state index contributed by atoms with van der Waals surface area (Å²) in [6.07, 6.45) is -4.37. The predicted octanol–water partition coefficient (Wildman–Crippen LogP) is 5.19. The van der Waals surface area contributed by atoms with Crippen LogP contribution in [0, 0.1) is 5.82 Å². The molecule has 20 heavy (non-hydrogen) atoms. The molecule has 0 saturated heterocycles. The molecule has 0 N–H and O–H groups in total. The Labute approximate surface area is 121 Å². The summed E-state index contributed by atoms with van der Waals surface area (Å²) >= 11 is 3.15. The van der Waals surface area contributed by atoms with Gasteiger partial charge in [-0.3, -0.25) is 0 Å². The first kappa shape index (κ1) is 14.8. The number of hydrogen-bond acceptors (Lipinski definition) is 1. The van der Waals surface area contributed by atoms with Crippen LogP contribution in [0.2, 0.25) is 0 Å². The summed E-state index contributed by atoms with van der Waals surface area (Å²) < 4.78 is 56.1. The molecule has 0 aliphatic carbocycles. The molecule has 0 aromatic heterocycles. The number of halogens is 5. The van der Waals surface area contributed by atoms with Gasteiger partial charge in [0.05, 0.1) is 5.56 Å². The Morgan fingerprint density at radius 3 is 2.20 bits per heavy atom. The molecular formula is C14H9BrF4O. The molecule has 2 rings (SSSR count). The Balaban J connectivity index is 2.04. The van der Waals surface area contributed by atoms with Gasteiger partial charge >= 0.3 is 6.18 Å². The molecule has 0 amide bonds. The fraction of sp³-hybridized carbons (Fsp3) is 0.143. The zero-order valence-corrected chi connectivity index (χ0v) is 11.6. The lowest BCUT2D eigenvalue weighted by molar-refractivity contribution is -0.137. The summed E-state index contributed by atoms with van der Waals surface area (Å²) in [5.41, 5.74) is -0.157. The predicted molar refractivity (Wildman–Crippen MR) is 69.9 cm³/mol. The minimum Gasteiger partial charge on any atom is -0.489 e. The molecular weight excluding hydrogens is 340 g/mol. The number of ether oxygens (including phenoxy) is 1. The molecule has 0 fully saturated rings. The third-order valence-electron chi connectivity index (χ3n) is 2.51. The topological polar surface area (TPSA) is 9.23 Å². The first-order valence-electron chi connectivity index (χ1n) is 5.59. The number of hydrogen-bond donors (Lipinski definition) is 0. The van der Waals surface area contributed by atoms with Crippen LogP contribution in [-0.2, 0) is 12.8 Å². The van der Waals surface area contributed by atoms with Crippen molar-refractivity contribution in [1.82, 2.24) is 0 Å².